The van der Waals surface area contributed by atoms with Crippen LogP contribution in [-0.2, 0) is 26.7 Å². The van der Waals surface area contributed by atoms with Gasteiger partial charge in [0.2, 0.25) is 5.91 Å². The van der Waals surface area contributed by atoms with Crippen LogP contribution in [0, 0.1) is 0 Å². The van der Waals surface area contributed by atoms with E-state index in [9.17, 15) is 18.0 Å². The van der Waals surface area contributed by atoms with Gasteiger partial charge in [-0.1, -0.05) is 4.89 Å². The summed E-state index contributed by atoms with van der Waals surface area (Å²) in [6.45, 7) is -0.602. The minimum Gasteiger partial charge on any atom is -0.368 e. The fourth-order valence-corrected chi connectivity index (χ4v) is 2.03. The molecule has 0 bridgehead atoms. The molecule has 1 rings (SSSR count). The van der Waals surface area contributed by atoms with Crippen LogP contribution >= 0.6 is 0 Å². The van der Waals surface area contributed by atoms with Crippen LogP contribution < -0.4 is 16.4 Å². The van der Waals surface area contributed by atoms with Crippen LogP contribution in [0.2, 0.25) is 0 Å². The van der Waals surface area contributed by atoms with Gasteiger partial charge in [0, 0.05) is 13.2 Å². The number of hydrogen-bond donors (Lipinski definition) is 3. The third kappa shape index (κ3) is 3.29. The summed E-state index contributed by atoms with van der Waals surface area (Å²) in [6.07, 6.45) is 1.18. The Morgan fingerprint density at radius 2 is 2.06 bits per heavy atom. The predicted molar refractivity (Wildman–Crippen MR) is 59.4 cm³/mol. The molecule has 0 saturated carbocycles. The van der Waals surface area contributed by atoms with Gasteiger partial charge in [-0.25, -0.2) is 8.42 Å². The van der Waals surface area contributed by atoms with E-state index in [1.165, 1.54) is 17.8 Å². The second kappa shape index (κ2) is 5.16. The maximum atomic E-state index is 11.6. The number of rotatable bonds is 6. The Morgan fingerprint density at radius 3 is 2.50 bits per heavy atom. The number of amides is 2. The van der Waals surface area contributed by atoms with E-state index in [0.29, 0.717) is 0 Å². The maximum Gasteiger partial charge on any atom is 0.265 e. The van der Waals surface area contributed by atoms with Gasteiger partial charge in [-0.3, -0.25) is 14.4 Å². The van der Waals surface area contributed by atoms with E-state index in [1.807, 2.05) is 0 Å². The highest BCUT2D eigenvalue weighted by Crippen LogP contribution is 2.12. The Hall–Kier alpha value is -1.91. The van der Waals surface area contributed by atoms with E-state index < -0.39 is 28.4 Å². The van der Waals surface area contributed by atoms with Crippen molar-refractivity contribution >= 4 is 21.8 Å². The van der Waals surface area contributed by atoms with Crippen LogP contribution in [0.3, 0.4) is 0 Å². The van der Waals surface area contributed by atoms with Crippen LogP contribution in [0.25, 0.3) is 0 Å². The van der Waals surface area contributed by atoms with Crippen molar-refractivity contribution in [3.8, 4) is 0 Å². The highest BCUT2D eigenvalue weighted by molar-refractivity contribution is 7.89. The van der Waals surface area contributed by atoms with Crippen LogP contribution in [0.1, 0.15) is 10.5 Å². The Labute approximate surface area is 103 Å². The average Bonchev–Trinajstić information content (AvgIpc) is 2.60. The SMILES string of the molecule is Cn1cc(S(=O)(=O)NOCC(N)=O)cc1C(N)=O. The van der Waals surface area contributed by atoms with Crippen molar-refractivity contribution in [2.45, 2.75) is 4.90 Å². The monoisotopic (exact) mass is 276 g/mol. The van der Waals surface area contributed by atoms with Gasteiger partial charge < -0.3 is 16.0 Å². The average molecular weight is 276 g/mol. The van der Waals surface area contributed by atoms with E-state index in [4.69, 9.17) is 11.5 Å². The van der Waals surface area contributed by atoms with Crippen LogP contribution in [-0.4, -0.2) is 31.4 Å². The van der Waals surface area contributed by atoms with E-state index >= 15 is 0 Å². The summed E-state index contributed by atoms with van der Waals surface area (Å²) in [4.78, 5) is 27.2. The summed E-state index contributed by atoms with van der Waals surface area (Å²) in [5, 5.41) is 0. The highest BCUT2D eigenvalue weighted by Gasteiger charge is 2.19. The molecular formula is C8H12N4O5S. The Kier molecular flexibility index (Phi) is 4.06. The molecule has 1 aromatic rings. The van der Waals surface area contributed by atoms with E-state index in [-0.39, 0.29) is 10.6 Å². The first-order chi connectivity index (χ1) is 8.24. The van der Waals surface area contributed by atoms with E-state index in [2.05, 4.69) is 4.84 Å². The number of aryl methyl sites for hydroxylation is 1. The van der Waals surface area contributed by atoms with Gasteiger partial charge >= 0.3 is 0 Å². The molecule has 9 nitrogen and oxygen atoms in total. The Balaban J connectivity index is 2.89. The molecule has 1 heterocycles. The zero-order chi connectivity index (χ0) is 13.9. The zero-order valence-corrected chi connectivity index (χ0v) is 10.2. The number of primary amides is 2. The summed E-state index contributed by atoms with van der Waals surface area (Å²) in [6, 6.07) is 1.08. The smallest absolute Gasteiger partial charge is 0.265 e. The first-order valence-corrected chi connectivity index (χ1v) is 6.10. The summed E-state index contributed by atoms with van der Waals surface area (Å²) in [5.74, 6) is -1.60. The fourth-order valence-electron chi connectivity index (χ4n) is 1.15. The first-order valence-electron chi connectivity index (χ1n) is 4.62. The molecule has 0 unspecified atom stereocenters. The fraction of sp³-hybridized carbons (Fsp3) is 0.250. The predicted octanol–water partition coefficient (Wildman–Crippen LogP) is -2.18. The number of sulfonamides is 1. The van der Waals surface area contributed by atoms with E-state index in [1.54, 1.807) is 4.89 Å². The number of aromatic nitrogens is 1. The molecule has 0 spiro atoms. The number of carbonyl (C=O) groups is 2. The molecule has 2 amide bonds. The lowest BCUT2D eigenvalue weighted by Crippen LogP contribution is -2.29. The quantitative estimate of drug-likeness (QED) is 0.505. The molecule has 0 saturated heterocycles. The van der Waals surface area contributed by atoms with Crippen molar-refractivity contribution in [3.05, 3.63) is 18.0 Å². The Bertz CT molecular complexity index is 576. The lowest BCUT2D eigenvalue weighted by Gasteiger charge is -2.03. The summed E-state index contributed by atoms with van der Waals surface area (Å²) in [5.41, 5.74) is 9.83. The van der Waals surface area contributed by atoms with Gasteiger partial charge in [0.05, 0.1) is 0 Å². The van der Waals surface area contributed by atoms with Crippen LogP contribution in [0.15, 0.2) is 17.2 Å². The van der Waals surface area contributed by atoms with Gasteiger partial charge in [0.25, 0.3) is 15.9 Å². The molecule has 5 N–H and O–H groups in total. The molecule has 0 radical (unpaired) electrons. The molecule has 0 aliphatic carbocycles. The molecule has 0 fully saturated rings. The third-order valence-electron chi connectivity index (χ3n) is 1.93. The summed E-state index contributed by atoms with van der Waals surface area (Å²) >= 11 is 0. The molecule has 10 heteroatoms. The lowest BCUT2D eigenvalue weighted by molar-refractivity contribution is -0.123. The molecule has 1 aromatic heterocycles. The van der Waals surface area contributed by atoms with Gasteiger partial charge in [-0.05, 0) is 6.07 Å². The zero-order valence-electron chi connectivity index (χ0n) is 9.41. The molecule has 100 valence electrons. The molecule has 0 aromatic carbocycles. The normalized spacial score (nSPS) is 11.4. The highest BCUT2D eigenvalue weighted by atomic mass is 32.2. The standard InChI is InChI=1S/C8H12N4O5S/c1-12-3-5(2-6(12)8(10)14)18(15,16)11-17-4-7(9)13/h2-3,11H,4H2,1H3,(H2,9,13)(H2,10,14). The molecule has 18 heavy (non-hydrogen) atoms. The molecule has 0 aliphatic heterocycles. The number of nitrogens with two attached hydrogens (primary N) is 2. The summed E-state index contributed by atoms with van der Waals surface area (Å²) < 4.78 is 24.6. The maximum absolute atomic E-state index is 11.6. The largest absolute Gasteiger partial charge is 0.368 e. The number of nitrogens with one attached hydrogen (secondary N) is 1. The number of carbonyl (C=O) groups excluding carboxylic acids is 2. The van der Waals surface area contributed by atoms with Crippen molar-refractivity contribution in [1.82, 2.24) is 9.45 Å². The van der Waals surface area contributed by atoms with Crippen molar-refractivity contribution in [3.63, 3.8) is 0 Å². The number of hydrogen-bond acceptors (Lipinski definition) is 5. The second-order valence-electron chi connectivity index (χ2n) is 3.38. The van der Waals surface area contributed by atoms with Crippen molar-refractivity contribution in [2.24, 2.45) is 18.5 Å². The third-order valence-corrected chi connectivity index (χ3v) is 3.11. The topological polar surface area (TPSA) is 147 Å². The molecular weight excluding hydrogens is 264 g/mol. The molecule has 0 aliphatic rings. The van der Waals surface area contributed by atoms with Crippen LogP contribution in [0.4, 0.5) is 0 Å². The van der Waals surface area contributed by atoms with Crippen molar-refractivity contribution in [1.29, 1.82) is 0 Å². The van der Waals surface area contributed by atoms with Gasteiger partial charge in [-0.2, -0.15) is 0 Å². The van der Waals surface area contributed by atoms with E-state index in [0.717, 1.165) is 6.07 Å². The van der Waals surface area contributed by atoms with Crippen LogP contribution in [0.5, 0.6) is 0 Å². The lowest BCUT2D eigenvalue weighted by atomic mass is 10.4. The van der Waals surface area contributed by atoms with Gasteiger partial charge in [-0.15, -0.1) is 0 Å². The number of nitrogens with zero attached hydrogens (tertiary/aromatic N) is 1. The Morgan fingerprint density at radius 1 is 1.44 bits per heavy atom. The summed E-state index contributed by atoms with van der Waals surface area (Å²) in [7, 11) is -2.54. The van der Waals surface area contributed by atoms with Crippen molar-refractivity contribution in [2.75, 3.05) is 6.61 Å². The minimum atomic E-state index is -4.00. The second-order valence-corrected chi connectivity index (χ2v) is 5.02. The van der Waals surface area contributed by atoms with Gasteiger partial charge in [0.1, 0.15) is 17.2 Å². The molecule has 0 atom stereocenters. The van der Waals surface area contributed by atoms with Gasteiger partial charge in [0.15, 0.2) is 0 Å². The van der Waals surface area contributed by atoms with Crippen molar-refractivity contribution < 1.29 is 22.8 Å². The first kappa shape index (κ1) is 14.2. The minimum absolute atomic E-state index is 0.0188.